The van der Waals surface area contributed by atoms with Crippen LogP contribution in [-0.2, 0) is 6.54 Å². The van der Waals surface area contributed by atoms with E-state index in [9.17, 15) is 0 Å². The number of para-hydroxylation sites is 1. The van der Waals surface area contributed by atoms with Crippen molar-refractivity contribution in [2.45, 2.75) is 26.6 Å². The van der Waals surface area contributed by atoms with Gasteiger partial charge in [-0.2, -0.15) is 0 Å². The van der Waals surface area contributed by atoms with Gasteiger partial charge in [-0.15, -0.1) is 0 Å². The van der Waals surface area contributed by atoms with Crippen LogP contribution >= 0.6 is 0 Å². The van der Waals surface area contributed by atoms with E-state index in [4.69, 9.17) is 10.7 Å². The van der Waals surface area contributed by atoms with Crippen molar-refractivity contribution in [3.63, 3.8) is 0 Å². The summed E-state index contributed by atoms with van der Waals surface area (Å²) in [5.74, 6) is 0.734. The summed E-state index contributed by atoms with van der Waals surface area (Å²) in [7, 11) is 0. The maximum atomic E-state index is 7.10. The van der Waals surface area contributed by atoms with E-state index in [1.54, 1.807) is 0 Å². The smallest absolute Gasteiger partial charge is 0.130 e. The molecule has 1 atom stereocenters. The number of rotatable bonds is 10. The Balaban J connectivity index is 1.07. The van der Waals surface area contributed by atoms with Gasteiger partial charge in [-0.25, -0.2) is 0 Å². The second kappa shape index (κ2) is 17.3. The quantitative estimate of drug-likeness (QED) is 0.0821. The summed E-state index contributed by atoms with van der Waals surface area (Å²) in [5, 5.41) is 8.57. The van der Waals surface area contributed by atoms with E-state index in [0.29, 0.717) is 6.54 Å². The van der Waals surface area contributed by atoms with E-state index in [1.165, 1.54) is 49.3 Å². The van der Waals surface area contributed by atoms with Crippen LogP contribution in [0.25, 0.3) is 77.7 Å². The predicted molar refractivity (Wildman–Crippen MR) is 267 cm³/mol. The summed E-state index contributed by atoms with van der Waals surface area (Å²) in [5.41, 5.74) is 22.9. The molecule has 1 aromatic heterocycles. The van der Waals surface area contributed by atoms with Gasteiger partial charge in [-0.05, 0) is 105 Å². The number of aliphatic imine (C=N–C) groups is 1. The SMILES string of the molecule is C/C=C/c1ccccc1-c1ccc(C(N)NC(=NCc2ccc(-c3ccccc3)c(-n3c4ccccc4c4cc5ccccc5cc43)c2)c2cccc(-c3ccccc3)c2)cc1C. The standard InChI is InChI=1S/C59H48N4/c1-3-17-43-22-12-13-27-51(43)50-33-31-48(34-40(50)2)58(60)62-59(49-26-16-25-45(36-49)42-18-6-4-7-19-42)61-39-41-30-32-52(44-20-8-5-9-21-44)56(35-41)63-55-29-15-14-28-53(55)54-37-46-23-10-11-24-47(46)38-57(54)63/h3-38,58H,39,60H2,1-2H3,(H,61,62)/b17-3+. The van der Waals surface area contributed by atoms with Gasteiger partial charge < -0.3 is 15.6 Å². The normalized spacial score (nSPS) is 12.4. The maximum Gasteiger partial charge on any atom is 0.130 e. The third-order valence-corrected chi connectivity index (χ3v) is 12.1. The third kappa shape index (κ3) is 7.85. The summed E-state index contributed by atoms with van der Waals surface area (Å²) < 4.78 is 2.44. The van der Waals surface area contributed by atoms with Crippen LogP contribution in [-0.4, -0.2) is 10.4 Å². The Bertz CT molecular complexity index is 3320. The summed E-state index contributed by atoms with van der Waals surface area (Å²) in [6.45, 7) is 4.65. The largest absolute Gasteiger partial charge is 0.351 e. The molecule has 10 aromatic rings. The highest BCUT2D eigenvalue weighted by molar-refractivity contribution is 6.14. The van der Waals surface area contributed by atoms with Crippen LogP contribution in [0.4, 0.5) is 0 Å². The number of nitrogens with one attached hydrogen (secondary N) is 1. The Morgan fingerprint density at radius 1 is 0.571 bits per heavy atom. The number of hydrogen-bond acceptors (Lipinski definition) is 2. The zero-order chi connectivity index (χ0) is 42.7. The van der Waals surface area contributed by atoms with Gasteiger partial charge in [-0.3, -0.25) is 4.99 Å². The van der Waals surface area contributed by atoms with Crippen molar-refractivity contribution in [2.75, 3.05) is 0 Å². The molecule has 3 N–H and O–H groups in total. The molecular formula is C59H48N4. The summed E-state index contributed by atoms with van der Waals surface area (Å²) in [4.78, 5) is 5.38. The van der Waals surface area contributed by atoms with Gasteiger partial charge in [0.05, 0.1) is 23.3 Å². The van der Waals surface area contributed by atoms with Gasteiger partial charge in [-0.1, -0.05) is 188 Å². The van der Waals surface area contributed by atoms with Crippen LogP contribution in [0.1, 0.15) is 40.9 Å². The molecular weight excluding hydrogens is 765 g/mol. The molecule has 1 heterocycles. The molecule has 0 saturated heterocycles. The lowest BCUT2D eigenvalue weighted by molar-refractivity contribution is 0.678. The Morgan fingerprint density at radius 3 is 2.05 bits per heavy atom. The van der Waals surface area contributed by atoms with Crippen LogP contribution in [0.2, 0.25) is 0 Å². The Morgan fingerprint density at radius 2 is 1.25 bits per heavy atom. The monoisotopic (exact) mass is 812 g/mol. The molecule has 0 saturated carbocycles. The highest BCUT2D eigenvalue weighted by Gasteiger charge is 2.19. The van der Waals surface area contributed by atoms with Crippen LogP contribution in [0.5, 0.6) is 0 Å². The van der Waals surface area contributed by atoms with Gasteiger partial charge in [0, 0.05) is 21.9 Å². The molecule has 0 spiro atoms. The average Bonchev–Trinajstić information content (AvgIpc) is 3.65. The summed E-state index contributed by atoms with van der Waals surface area (Å²) in [6.07, 6.45) is 3.73. The minimum absolute atomic E-state index is 0.437. The Labute approximate surface area is 369 Å². The summed E-state index contributed by atoms with van der Waals surface area (Å²) >= 11 is 0. The molecule has 0 aliphatic heterocycles. The van der Waals surface area contributed by atoms with Crippen molar-refractivity contribution in [3.05, 3.63) is 240 Å². The van der Waals surface area contributed by atoms with Crippen LogP contribution in [0, 0.1) is 6.92 Å². The molecule has 0 aliphatic carbocycles. The topological polar surface area (TPSA) is 55.3 Å². The van der Waals surface area contributed by atoms with E-state index >= 15 is 0 Å². The Hall–Kier alpha value is -7.79. The molecule has 0 fully saturated rings. The van der Waals surface area contributed by atoms with Crippen LogP contribution in [0.15, 0.2) is 217 Å². The number of nitrogens with two attached hydrogens (primary N) is 1. The van der Waals surface area contributed by atoms with Gasteiger partial charge >= 0.3 is 0 Å². The first-order valence-corrected chi connectivity index (χ1v) is 21.7. The first kappa shape index (κ1) is 39.4. The lowest BCUT2D eigenvalue weighted by Gasteiger charge is -2.20. The first-order valence-electron chi connectivity index (χ1n) is 21.7. The fraction of sp³-hybridized carbons (Fsp3) is 0.0678. The van der Waals surface area contributed by atoms with Crippen molar-refractivity contribution < 1.29 is 0 Å². The maximum absolute atomic E-state index is 7.10. The van der Waals surface area contributed by atoms with Gasteiger partial charge in [0.1, 0.15) is 12.0 Å². The molecule has 0 radical (unpaired) electrons. The van der Waals surface area contributed by atoms with Crippen molar-refractivity contribution >= 4 is 44.5 Å². The van der Waals surface area contributed by atoms with Gasteiger partial charge in [0.15, 0.2) is 0 Å². The van der Waals surface area contributed by atoms with E-state index < -0.39 is 6.17 Å². The van der Waals surface area contributed by atoms with E-state index in [-0.39, 0.29) is 0 Å². The molecule has 63 heavy (non-hydrogen) atoms. The van der Waals surface area contributed by atoms with Crippen molar-refractivity contribution in [2.24, 2.45) is 10.7 Å². The number of amidine groups is 1. The zero-order valence-corrected chi connectivity index (χ0v) is 35.5. The molecule has 9 aromatic carbocycles. The van der Waals surface area contributed by atoms with Gasteiger partial charge in [0.2, 0.25) is 0 Å². The first-order chi connectivity index (χ1) is 31.0. The number of benzene rings is 9. The molecule has 1 unspecified atom stereocenters. The highest BCUT2D eigenvalue weighted by Crippen LogP contribution is 2.39. The molecule has 304 valence electrons. The Kier molecular flexibility index (Phi) is 10.8. The summed E-state index contributed by atoms with van der Waals surface area (Å²) in [6, 6.07) is 73.6. The fourth-order valence-electron chi connectivity index (χ4n) is 8.98. The predicted octanol–water partition coefficient (Wildman–Crippen LogP) is 14.5. The van der Waals surface area contributed by atoms with Crippen molar-refractivity contribution in [1.82, 2.24) is 9.88 Å². The number of hydrogen-bond donors (Lipinski definition) is 2. The van der Waals surface area contributed by atoms with Crippen LogP contribution < -0.4 is 11.1 Å². The van der Waals surface area contributed by atoms with E-state index in [1.807, 2.05) is 6.07 Å². The van der Waals surface area contributed by atoms with Crippen molar-refractivity contribution in [3.8, 4) is 39.1 Å². The number of fused-ring (bicyclic) bond motifs is 4. The number of nitrogens with zero attached hydrogens (tertiary/aromatic N) is 2. The highest BCUT2D eigenvalue weighted by atomic mass is 15.1. The molecule has 0 amide bonds. The zero-order valence-electron chi connectivity index (χ0n) is 35.5. The molecule has 0 aliphatic rings. The number of aromatic nitrogens is 1. The van der Waals surface area contributed by atoms with Crippen molar-refractivity contribution in [1.29, 1.82) is 0 Å². The third-order valence-electron chi connectivity index (χ3n) is 12.1. The number of aryl methyl sites for hydroxylation is 1. The molecule has 0 bridgehead atoms. The fourth-order valence-corrected chi connectivity index (χ4v) is 8.98. The lowest BCUT2D eigenvalue weighted by Crippen LogP contribution is -2.35. The second-order valence-corrected chi connectivity index (χ2v) is 16.2. The van der Waals surface area contributed by atoms with Crippen LogP contribution in [0.3, 0.4) is 0 Å². The second-order valence-electron chi connectivity index (χ2n) is 16.2. The average molecular weight is 813 g/mol. The number of allylic oxidation sites excluding steroid dienone is 1. The minimum atomic E-state index is -0.508. The molecule has 4 heteroatoms. The van der Waals surface area contributed by atoms with E-state index in [0.717, 1.165) is 56.0 Å². The van der Waals surface area contributed by atoms with E-state index in [2.05, 4.69) is 236 Å². The lowest BCUT2D eigenvalue weighted by atomic mass is 9.94. The molecule has 4 nitrogen and oxygen atoms in total. The minimum Gasteiger partial charge on any atom is -0.351 e. The molecule has 10 rings (SSSR count). The van der Waals surface area contributed by atoms with Gasteiger partial charge in [0.25, 0.3) is 0 Å².